The van der Waals surface area contributed by atoms with Gasteiger partial charge < -0.3 is 15.0 Å². The molecule has 37 heavy (non-hydrogen) atoms. The third-order valence-corrected chi connectivity index (χ3v) is 9.18. The van der Waals surface area contributed by atoms with Crippen LogP contribution in [0.3, 0.4) is 0 Å². The van der Waals surface area contributed by atoms with Crippen molar-refractivity contribution < 1.29 is 35.9 Å². The number of nitrogens with one attached hydrogen (secondary N) is 1. The molecule has 2 aliphatic rings. The smallest absolute Gasteiger partial charge is 0.416 e. The maximum atomic E-state index is 13.1. The van der Waals surface area contributed by atoms with Crippen LogP contribution >= 0.6 is 0 Å². The molecule has 0 unspecified atom stereocenters. The van der Waals surface area contributed by atoms with Crippen LogP contribution in [0.2, 0.25) is 0 Å². The van der Waals surface area contributed by atoms with E-state index in [0.717, 1.165) is 24.3 Å². The molecule has 4 atom stereocenters. The number of halogens is 3. The van der Waals surface area contributed by atoms with Gasteiger partial charge in [-0.1, -0.05) is 13.3 Å². The third-order valence-electron chi connectivity index (χ3n) is 7.34. The summed E-state index contributed by atoms with van der Waals surface area (Å²) in [6, 6.07) is 3.19. The fourth-order valence-corrected chi connectivity index (χ4v) is 6.36. The van der Waals surface area contributed by atoms with Crippen LogP contribution in [0.4, 0.5) is 18.0 Å². The first-order valence-electron chi connectivity index (χ1n) is 12.5. The minimum absolute atomic E-state index is 0.0220. The van der Waals surface area contributed by atoms with E-state index in [0.29, 0.717) is 25.7 Å². The second-order valence-electron chi connectivity index (χ2n) is 10.9. The van der Waals surface area contributed by atoms with Gasteiger partial charge in [-0.2, -0.15) is 17.5 Å². The largest absolute Gasteiger partial charge is 0.436 e. The Labute approximate surface area is 216 Å². The van der Waals surface area contributed by atoms with Crippen LogP contribution in [0, 0.1) is 11.8 Å². The van der Waals surface area contributed by atoms with Crippen molar-refractivity contribution >= 4 is 22.0 Å². The Morgan fingerprint density at radius 1 is 1.14 bits per heavy atom. The second kappa shape index (κ2) is 10.8. The lowest BCUT2D eigenvalue weighted by molar-refractivity contribution is -0.137. The molecule has 0 radical (unpaired) electrons. The Hall–Kier alpha value is -2.34. The normalized spacial score (nSPS) is 23.4. The standard InChI is InChI=1S/C25H36F3N3O5S/c1-6-7-21(36-23(33)30(5)24(2,3)4)22(32)29-20-13-8-16-14-31(15-19(16)20)37(34,35)18-11-9-17(10-12-18)25(26,27)28/h9-12,16,19-21H,6-8,13-15H2,1-5H3,(H,29,32)/t16-,19+,20+,21-/m0/s1. The van der Waals surface area contributed by atoms with Gasteiger partial charge >= 0.3 is 12.3 Å². The van der Waals surface area contributed by atoms with Gasteiger partial charge in [-0.15, -0.1) is 0 Å². The average Bonchev–Trinajstić information content (AvgIpc) is 3.39. The maximum Gasteiger partial charge on any atom is 0.416 e. The van der Waals surface area contributed by atoms with Gasteiger partial charge in [0.05, 0.1) is 10.5 Å². The van der Waals surface area contributed by atoms with Crippen molar-refractivity contribution in [3.8, 4) is 0 Å². The van der Waals surface area contributed by atoms with Crippen molar-refractivity contribution in [2.75, 3.05) is 20.1 Å². The van der Waals surface area contributed by atoms with Crippen LogP contribution in [0.15, 0.2) is 29.2 Å². The highest BCUT2D eigenvalue weighted by Gasteiger charge is 2.47. The molecule has 1 saturated heterocycles. The maximum absolute atomic E-state index is 13.1. The van der Waals surface area contributed by atoms with E-state index in [1.807, 2.05) is 27.7 Å². The van der Waals surface area contributed by atoms with E-state index < -0.39 is 45.4 Å². The molecule has 3 rings (SSSR count). The van der Waals surface area contributed by atoms with Gasteiger partial charge in [0.15, 0.2) is 6.10 Å². The molecule has 1 aliphatic carbocycles. The van der Waals surface area contributed by atoms with E-state index >= 15 is 0 Å². The molecular weight excluding hydrogens is 511 g/mol. The Morgan fingerprint density at radius 3 is 2.30 bits per heavy atom. The number of amides is 2. The van der Waals surface area contributed by atoms with E-state index in [1.54, 1.807) is 7.05 Å². The van der Waals surface area contributed by atoms with Gasteiger partial charge in [0, 0.05) is 31.7 Å². The van der Waals surface area contributed by atoms with Gasteiger partial charge in [0.1, 0.15) is 0 Å². The van der Waals surface area contributed by atoms with Crippen molar-refractivity contribution in [3.05, 3.63) is 29.8 Å². The van der Waals surface area contributed by atoms with E-state index in [-0.39, 0.29) is 35.9 Å². The molecule has 1 aromatic rings. The number of carbonyl (C=O) groups excluding carboxylic acids is 2. The quantitative estimate of drug-likeness (QED) is 0.551. The molecule has 1 N–H and O–H groups in total. The van der Waals surface area contributed by atoms with Crippen LogP contribution in [0.5, 0.6) is 0 Å². The molecule has 0 spiro atoms. The molecule has 2 amide bonds. The summed E-state index contributed by atoms with van der Waals surface area (Å²) in [5.74, 6) is -0.524. The highest BCUT2D eigenvalue weighted by Crippen LogP contribution is 2.40. The van der Waals surface area contributed by atoms with Gasteiger partial charge in [-0.05, 0) is 76.1 Å². The highest BCUT2D eigenvalue weighted by atomic mass is 32.2. The summed E-state index contributed by atoms with van der Waals surface area (Å²) in [7, 11) is -2.37. The van der Waals surface area contributed by atoms with Gasteiger partial charge in [0.25, 0.3) is 5.91 Å². The number of rotatable bonds is 7. The number of hydrogen-bond acceptors (Lipinski definition) is 5. The second-order valence-corrected chi connectivity index (χ2v) is 12.8. The predicted octanol–water partition coefficient (Wildman–Crippen LogP) is 4.26. The number of benzene rings is 1. The number of alkyl halides is 3. The molecule has 1 heterocycles. The molecule has 208 valence electrons. The lowest BCUT2D eigenvalue weighted by Crippen LogP contribution is -2.49. The van der Waals surface area contributed by atoms with E-state index in [2.05, 4.69) is 5.32 Å². The molecule has 1 aromatic carbocycles. The van der Waals surface area contributed by atoms with Crippen LogP contribution in [0.25, 0.3) is 0 Å². The summed E-state index contributed by atoms with van der Waals surface area (Å²) in [6.07, 6.45) is -3.76. The van der Waals surface area contributed by atoms with Crippen LogP contribution in [-0.4, -0.2) is 67.4 Å². The first kappa shape index (κ1) is 29.2. The third kappa shape index (κ3) is 6.57. The lowest BCUT2D eigenvalue weighted by atomic mass is 9.97. The number of ether oxygens (including phenoxy) is 1. The van der Waals surface area contributed by atoms with Crippen molar-refractivity contribution in [2.45, 2.75) is 82.1 Å². The molecule has 12 heteroatoms. The molecule has 0 bridgehead atoms. The minimum atomic E-state index is -4.55. The monoisotopic (exact) mass is 547 g/mol. The lowest BCUT2D eigenvalue weighted by Gasteiger charge is -2.32. The fraction of sp³-hybridized carbons (Fsp3) is 0.680. The van der Waals surface area contributed by atoms with Crippen LogP contribution < -0.4 is 5.32 Å². The van der Waals surface area contributed by atoms with Gasteiger partial charge in [-0.3, -0.25) is 4.79 Å². The summed E-state index contributed by atoms with van der Waals surface area (Å²) >= 11 is 0. The van der Waals surface area contributed by atoms with E-state index in [1.165, 1.54) is 9.21 Å². The van der Waals surface area contributed by atoms with Crippen LogP contribution in [0.1, 0.15) is 58.9 Å². The first-order valence-corrected chi connectivity index (χ1v) is 13.9. The molecular formula is C25H36F3N3O5S. The summed E-state index contributed by atoms with van der Waals surface area (Å²) in [5, 5.41) is 2.97. The van der Waals surface area contributed by atoms with Gasteiger partial charge in [-0.25, -0.2) is 13.2 Å². The fourth-order valence-electron chi connectivity index (χ4n) is 4.82. The number of hydrogen-bond donors (Lipinski definition) is 1. The Balaban J connectivity index is 1.66. The van der Waals surface area contributed by atoms with Gasteiger partial charge in [0.2, 0.25) is 10.0 Å². The zero-order valence-corrected chi connectivity index (χ0v) is 22.7. The summed E-state index contributed by atoms with van der Waals surface area (Å²) in [4.78, 5) is 26.8. The SMILES string of the molecule is CCC[C@H](OC(=O)N(C)C(C)(C)C)C(=O)N[C@@H]1CC[C@H]2CN(S(=O)(=O)c3ccc(C(F)(F)F)cc3)C[C@H]21. The summed E-state index contributed by atoms with van der Waals surface area (Å²) < 4.78 is 71.6. The number of fused-ring (bicyclic) bond motifs is 1. The average molecular weight is 548 g/mol. The molecule has 0 aromatic heterocycles. The van der Waals surface area contributed by atoms with Crippen molar-refractivity contribution in [1.29, 1.82) is 0 Å². The van der Waals surface area contributed by atoms with E-state index in [9.17, 15) is 31.2 Å². The molecule has 8 nitrogen and oxygen atoms in total. The predicted molar refractivity (Wildman–Crippen MR) is 131 cm³/mol. The Morgan fingerprint density at radius 2 is 1.76 bits per heavy atom. The number of carbonyl (C=O) groups is 2. The Bertz CT molecular complexity index is 1090. The van der Waals surface area contributed by atoms with Crippen molar-refractivity contribution in [1.82, 2.24) is 14.5 Å². The van der Waals surface area contributed by atoms with Crippen LogP contribution in [-0.2, 0) is 25.7 Å². The molecule has 1 saturated carbocycles. The molecule has 2 fully saturated rings. The summed E-state index contributed by atoms with van der Waals surface area (Å²) in [5.41, 5.74) is -1.39. The summed E-state index contributed by atoms with van der Waals surface area (Å²) in [6.45, 7) is 7.84. The highest BCUT2D eigenvalue weighted by molar-refractivity contribution is 7.89. The first-order chi connectivity index (χ1) is 17.1. The topological polar surface area (TPSA) is 96.0 Å². The Kier molecular flexibility index (Phi) is 8.53. The minimum Gasteiger partial charge on any atom is -0.436 e. The van der Waals surface area contributed by atoms with Crippen molar-refractivity contribution in [2.24, 2.45) is 11.8 Å². The van der Waals surface area contributed by atoms with Crippen molar-refractivity contribution in [3.63, 3.8) is 0 Å². The van der Waals surface area contributed by atoms with E-state index in [4.69, 9.17) is 4.74 Å². The zero-order valence-electron chi connectivity index (χ0n) is 21.8. The molecule has 1 aliphatic heterocycles. The number of nitrogens with zero attached hydrogens (tertiary/aromatic N) is 2. The number of sulfonamides is 1. The zero-order chi connectivity index (χ0) is 27.8.